The second-order valence-corrected chi connectivity index (χ2v) is 7.02. The summed E-state index contributed by atoms with van der Waals surface area (Å²) in [5.74, 6) is 0. The standard InChI is InChI=1S/C16H33N3O2/c1-6-19-10-7-8-14(9-11-19)17-12-13(2)18-15(20)21-16(3,4)5/h13-14,17H,6-12H2,1-5H3,(H,18,20). The number of carbonyl (C=O) groups excluding carboxylic acids is 1. The highest BCUT2D eigenvalue weighted by molar-refractivity contribution is 5.68. The van der Waals surface area contributed by atoms with Crippen LogP contribution >= 0.6 is 0 Å². The Morgan fingerprint density at radius 3 is 2.67 bits per heavy atom. The lowest BCUT2D eigenvalue weighted by atomic mass is 10.1. The summed E-state index contributed by atoms with van der Waals surface area (Å²) in [5.41, 5.74) is -0.442. The number of alkyl carbamates (subject to hydrolysis) is 1. The van der Waals surface area contributed by atoms with Crippen LogP contribution < -0.4 is 10.6 Å². The average molecular weight is 299 g/mol. The Morgan fingerprint density at radius 2 is 2.05 bits per heavy atom. The molecular weight excluding hydrogens is 266 g/mol. The normalized spacial score (nSPS) is 22.4. The first-order valence-electron chi connectivity index (χ1n) is 8.25. The van der Waals surface area contributed by atoms with Crippen LogP contribution in [0.25, 0.3) is 0 Å². The number of carbonyl (C=O) groups is 1. The Hall–Kier alpha value is -0.810. The third-order valence-electron chi connectivity index (χ3n) is 3.74. The van der Waals surface area contributed by atoms with Gasteiger partial charge in [-0.15, -0.1) is 0 Å². The Morgan fingerprint density at radius 1 is 1.33 bits per heavy atom. The minimum atomic E-state index is -0.442. The van der Waals surface area contributed by atoms with E-state index in [0.717, 1.165) is 13.1 Å². The van der Waals surface area contributed by atoms with Gasteiger partial charge >= 0.3 is 6.09 Å². The molecule has 0 radical (unpaired) electrons. The van der Waals surface area contributed by atoms with Crippen molar-refractivity contribution in [1.29, 1.82) is 0 Å². The van der Waals surface area contributed by atoms with Crippen LogP contribution in [0.3, 0.4) is 0 Å². The Balaban J connectivity index is 2.23. The van der Waals surface area contributed by atoms with E-state index in [1.165, 1.54) is 32.4 Å². The van der Waals surface area contributed by atoms with Crippen LogP contribution in [0.15, 0.2) is 0 Å². The third-order valence-corrected chi connectivity index (χ3v) is 3.74. The smallest absolute Gasteiger partial charge is 0.407 e. The van der Waals surface area contributed by atoms with E-state index in [2.05, 4.69) is 22.5 Å². The van der Waals surface area contributed by atoms with E-state index in [9.17, 15) is 4.79 Å². The summed E-state index contributed by atoms with van der Waals surface area (Å²) >= 11 is 0. The molecule has 0 saturated carbocycles. The van der Waals surface area contributed by atoms with Crippen LogP contribution in [0, 0.1) is 0 Å². The summed E-state index contributed by atoms with van der Waals surface area (Å²) in [6.45, 7) is 14.2. The van der Waals surface area contributed by atoms with E-state index >= 15 is 0 Å². The molecular formula is C16H33N3O2. The molecule has 1 heterocycles. The number of amides is 1. The molecule has 0 aromatic carbocycles. The molecule has 5 heteroatoms. The monoisotopic (exact) mass is 299 g/mol. The molecule has 2 N–H and O–H groups in total. The van der Waals surface area contributed by atoms with Crippen molar-refractivity contribution < 1.29 is 9.53 Å². The number of nitrogens with one attached hydrogen (secondary N) is 2. The van der Waals surface area contributed by atoms with Crippen LogP contribution in [-0.2, 0) is 4.74 Å². The lowest BCUT2D eigenvalue weighted by molar-refractivity contribution is 0.0507. The molecule has 5 nitrogen and oxygen atoms in total. The summed E-state index contributed by atoms with van der Waals surface area (Å²) in [4.78, 5) is 14.2. The number of hydrogen-bond acceptors (Lipinski definition) is 4. The van der Waals surface area contributed by atoms with Crippen molar-refractivity contribution in [1.82, 2.24) is 15.5 Å². The Kier molecular flexibility index (Phi) is 7.46. The number of ether oxygens (including phenoxy) is 1. The third kappa shape index (κ3) is 8.27. The highest BCUT2D eigenvalue weighted by Gasteiger charge is 2.19. The van der Waals surface area contributed by atoms with Gasteiger partial charge in [-0.2, -0.15) is 0 Å². The van der Waals surface area contributed by atoms with Crippen LogP contribution in [0.1, 0.15) is 53.9 Å². The van der Waals surface area contributed by atoms with Crippen molar-refractivity contribution in [3.8, 4) is 0 Å². The summed E-state index contributed by atoms with van der Waals surface area (Å²) < 4.78 is 5.26. The fourth-order valence-corrected chi connectivity index (χ4v) is 2.58. The quantitative estimate of drug-likeness (QED) is 0.818. The highest BCUT2D eigenvalue weighted by Crippen LogP contribution is 2.11. The molecule has 1 rings (SSSR count). The molecule has 1 aliphatic heterocycles. The fourth-order valence-electron chi connectivity index (χ4n) is 2.58. The van der Waals surface area contributed by atoms with Gasteiger partial charge in [0.05, 0.1) is 0 Å². The van der Waals surface area contributed by atoms with E-state index in [0.29, 0.717) is 6.04 Å². The number of rotatable bonds is 5. The Bertz CT molecular complexity index is 315. The van der Waals surface area contributed by atoms with E-state index in [-0.39, 0.29) is 12.1 Å². The number of nitrogens with zero attached hydrogens (tertiary/aromatic N) is 1. The molecule has 1 fully saturated rings. The first-order valence-corrected chi connectivity index (χ1v) is 8.25. The van der Waals surface area contributed by atoms with Gasteiger partial charge < -0.3 is 20.3 Å². The maximum Gasteiger partial charge on any atom is 0.407 e. The summed E-state index contributed by atoms with van der Waals surface area (Å²) in [6.07, 6.45) is 3.32. The molecule has 2 unspecified atom stereocenters. The van der Waals surface area contributed by atoms with Gasteiger partial charge in [0.15, 0.2) is 0 Å². The summed E-state index contributed by atoms with van der Waals surface area (Å²) in [5, 5.41) is 6.45. The largest absolute Gasteiger partial charge is 0.444 e. The van der Waals surface area contributed by atoms with Gasteiger partial charge in [0.25, 0.3) is 0 Å². The molecule has 1 saturated heterocycles. The Labute approximate surface area is 129 Å². The van der Waals surface area contributed by atoms with Crippen molar-refractivity contribution in [2.75, 3.05) is 26.2 Å². The topological polar surface area (TPSA) is 53.6 Å². The SMILES string of the molecule is CCN1CCCC(NCC(C)NC(=O)OC(C)(C)C)CC1. The van der Waals surface area contributed by atoms with Gasteiger partial charge in [-0.1, -0.05) is 6.92 Å². The van der Waals surface area contributed by atoms with Gasteiger partial charge in [0, 0.05) is 18.6 Å². The lowest BCUT2D eigenvalue weighted by Crippen LogP contribution is -2.45. The second kappa shape index (κ2) is 8.59. The van der Waals surface area contributed by atoms with Crippen LogP contribution in [0.2, 0.25) is 0 Å². The molecule has 1 amide bonds. The maximum absolute atomic E-state index is 11.7. The van der Waals surface area contributed by atoms with Gasteiger partial charge in [0.1, 0.15) is 5.60 Å². The lowest BCUT2D eigenvalue weighted by Gasteiger charge is -2.23. The van der Waals surface area contributed by atoms with Gasteiger partial charge in [-0.3, -0.25) is 0 Å². The van der Waals surface area contributed by atoms with Crippen molar-refractivity contribution >= 4 is 6.09 Å². The van der Waals surface area contributed by atoms with Gasteiger partial charge in [0.2, 0.25) is 0 Å². The van der Waals surface area contributed by atoms with Crippen molar-refractivity contribution in [2.24, 2.45) is 0 Å². The molecule has 0 bridgehead atoms. The van der Waals surface area contributed by atoms with Crippen LogP contribution in [-0.4, -0.2) is 54.9 Å². The average Bonchev–Trinajstić information content (AvgIpc) is 2.58. The number of hydrogen-bond donors (Lipinski definition) is 2. The van der Waals surface area contributed by atoms with E-state index in [1.54, 1.807) is 0 Å². The van der Waals surface area contributed by atoms with Crippen molar-refractivity contribution in [3.63, 3.8) is 0 Å². The second-order valence-electron chi connectivity index (χ2n) is 7.02. The van der Waals surface area contributed by atoms with E-state index in [4.69, 9.17) is 4.74 Å². The molecule has 0 aromatic heterocycles. The molecule has 0 aromatic rings. The molecule has 1 aliphatic rings. The molecule has 0 spiro atoms. The molecule has 2 atom stereocenters. The van der Waals surface area contributed by atoms with Gasteiger partial charge in [-0.25, -0.2) is 4.79 Å². The van der Waals surface area contributed by atoms with Crippen LogP contribution in [0.5, 0.6) is 0 Å². The zero-order valence-corrected chi connectivity index (χ0v) is 14.4. The van der Waals surface area contributed by atoms with Crippen molar-refractivity contribution in [2.45, 2.75) is 71.6 Å². The molecule has 21 heavy (non-hydrogen) atoms. The number of likely N-dealkylation sites (tertiary alicyclic amines) is 1. The summed E-state index contributed by atoms with van der Waals surface area (Å²) in [6, 6.07) is 0.634. The zero-order valence-electron chi connectivity index (χ0n) is 14.4. The van der Waals surface area contributed by atoms with Crippen LogP contribution in [0.4, 0.5) is 4.79 Å². The minimum Gasteiger partial charge on any atom is -0.444 e. The molecule has 124 valence electrons. The minimum absolute atomic E-state index is 0.0744. The zero-order chi connectivity index (χ0) is 15.9. The first-order chi connectivity index (χ1) is 9.80. The maximum atomic E-state index is 11.7. The first kappa shape index (κ1) is 18.2. The predicted molar refractivity (Wildman–Crippen MR) is 86.6 cm³/mol. The van der Waals surface area contributed by atoms with E-state index < -0.39 is 5.60 Å². The summed E-state index contributed by atoms with van der Waals surface area (Å²) in [7, 11) is 0. The predicted octanol–water partition coefficient (Wildman–Crippen LogP) is 2.36. The van der Waals surface area contributed by atoms with Gasteiger partial charge in [-0.05, 0) is 66.6 Å². The van der Waals surface area contributed by atoms with E-state index in [1.807, 2.05) is 27.7 Å². The highest BCUT2D eigenvalue weighted by atomic mass is 16.6. The fraction of sp³-hybridized carbons (Fsp3) is 0.938. The molecule has 0 aliphatic carbocycles. The van der Waals surface area contributed by atoms with Crippen molar-refractivity contribution in [3.05, 3.63) is 0 Å².